The van der Waals surface area contributed by atoms with Crippen LogP contribution in [0.4, 0.5) is 0 Å². The molecule has 0 atom stereocenters. The van der Waals surface area contributed by atoms with Crippen molar-refractivity contribution in [2.45, 2.75) is 35.9 Å². The molecule has 0 spiro atoms. The van der Waals surface area contributed by atoms with Crippen molar-refractivity contribution in [3.63, 3.8) is 0 Å². The molecule has 20 heavy (non-hydrogen) atoms. The Morgan fingerprint density at radius 1 is 1.10 bits per heavy atom. The number of benzene rings is 1. The third-order valence-corrected chi connectivity index (χ3v) is 6.87. The highest BCUT2D eigenvalue weighted by atomic mass is 32.2. The number of hydrogen-bond acceptors (Lipinski definition) is 3. The van der Waals surface area contributed by atoms with Crippen molar-refractivity contribution in [1.29, 1.82) is 0 Å². The predicted octanol–water partition coefficient (Wildman–Crippen LogP) is 3.41. The van der Waals surface area contributed by atoms with Gasteiger partial charge in [0.05, 0.1) is 5.54 Å². The van der Waals surface area contributed by atoms with E-state index in [2.05, 4.69) is 4.72 Å². The molecule has 5 heteroatoms. The molecule has 1 heterocycles. The lowest BCUT2D eigenvalue weighted by atomic mass is 9.73. The first-order valence-corrected chi connectivity index (χ1v) is 8.98. The van der Waals surface area contributed by atoms with Crippen molar-refractivity contribution in [2.75, 3.05) is 0 Å². The van der Waals surface area contributed by atoms with Gasteiger partial charge in [-0.1, -0.05) is 30.3 Å². The summed E-state index contributed by atoms with van der Waals surface area (Å²) in [4.78, 5) is 1.01. The van der Waals surface area contributed by atoms with Crippen LogP contribution in [0.1, 0.15) is 29.7 Å². The first kappa shape index (κ1) is 13.8. The second kappa shape index (κ2) is 4.98. The van der Waals surface area contributed by atoms with E-state index in [4.69, 9.17) is 0 Å². The van der Waals surface area contributed by atoms with E-state index in [1.165, 1.54) is 11.3 Å². The fourth-order valence-corrected chi connectivity index (χ4v) is 5.33. The Morgan fingerprint density at radius 2 is 1.80 bits per heavy atom. The Labute approximate surface area is 123 Å². The van der Waals surface area contributed by atoms with Crippen LogP contribution in [0.15, 0.2) is 46.7 Å². The molecule has 1 N–H and O–H groups in total. The smallest absolute Gasteiger partial charge is 0.206 e. The molecule has 0 bridgehead atoms. The Morgan fingerprint density at radius 3 is 2.30 bits per heavy atom. The van der Waals surface area contributed by atoms with Gasteiger partial charge in [-0.25, -0.2) is 8.42 Å². The van der Waals surface area contributed by atoms with E-state index in [1.807, 2.05) is 43.3 Å². The minimum Gasteiger partial charge on any atom is -0.206 e. The summed E-state index contributed by atoms with van der Waals surface area (Å²) < 4.78 is 28.4. The lowest BCUT2D eigenvalue weighted by molar-refractivity contribution is 0.224. The molecule has 106 valence electrons. The minimum absolute atomic E-state index is 0.400. The second-order valence-electron chi connectivity index (χ2n) is 5.27. The molecule has 1 aliphatic carbocycles. The van der Waals surface area contributed by atoms with Crippen molar-refractivity contribution in [3.8, 4) is 0 Å². The zero-order chi connectivity index (χ0) is 14.2. The molecule has 0 amide bonds. The summed E-state index contributed by atoms with van der Waals surface area (Å²) in [5.41, 5.74) is 0.640. The third-order valence-electron chi connectivity index (χ3n) is 3.84. The van der Waals surface area contributed by atoms with Crippen LogP contribution in [-0.4, -0.2) is 8.42 Å². The van der Waals surface area contributed by atoms with Gasteiger partial charge in [0.1, 0.15) is 4.21 Å². The average molecular weight is 307 g/mol. The van der Waals surface area contributed by atoms with E-state index in [0.29, 0.717) is 4.21 Å². The highest BCUT2D eigenvalue weighted by Gasteiger charge is 2.42. The first-order valence-electron chi connectivity index (χ1n) is 6.68. The van der Waals surface area contributed by atoms with Crippen LogP contribution >= 0.6 is 11.3 Å². The Kier molecular flexibility index (Phi) is 3.44. The summed E-state index contributed by atoms with van der Waals surface area (Å²) in [6.07, 6.45) is 2.78. The summed E-state index contributed by atoms with van der Waals surface area (Å²) in [5, 5.41) is 0. The van der Waals surface area contributed by atoms with Gasteiger partial charge in [0.25, 0.3) is 10.0 Å². The fraction of sp³-hybridized carbons (Fsp3) is 0.333. The van der Waals surface area contributed by atoms with Gasteiger partial charge in [-0.3, -0.25) is 0 Å². The average Bonchev–Trinajstić information content (AvgIpc) is 2.83. The molecule has 0 radical (unpaired) electrons. The van der Waals surface area contributed by atoms with Crippen molar-refractivity contribution in [2.24, 2.45) is 0 Å². The van der Waals surface area contributed by atoms with Crippen LogP contribution in [0, 0.1) is 6.92 Å². The molecule has 1 aromatic carbocycles. The monoisotopic (exact) mass is 307 g/mol. The molecule has 0 unspecified atom stereocenters. The van der Waals surface area contributed by atoms with Crippen LogP contribution in [0.2, 0.25) is 0 Å². The summed E-state index contributed by atoms with van der Waals surface area (Å²) in [6.45, 7) is 1.92. The quantitative estimate of drug-likeness (QED) is 0.941. The molecule has 3 nitrogen and oxygen atoms in total. The topological polar surface area (TPSA) is 46.2 Å². The molecule has 2 aromatic rings. The highest BCUT2D eigenvalue weighted by molar-refractivity contribution is 7.91. The minimum atomic E-state index is -3.44. The number of hydrogen-bond donors (Lipinski definition) is 1. The molecule has 1 aliphatic rings. The van der Waals surface area contributed by atoms with E-state index < -0.39 is 15.6 Å². The molecular formula is C15H17NO2S2. The maximum atomic E-state index is 12.5. The van der Waals surface area contributed by atoms with Crippen LogP contribution in [0.3, 0.4) is 0 Å². The van der Waals surface area contributed by atoms with Crippen LogP contribution in [0.5, 0.6) is 0 Å². The number of aryl methyl sites for hydroxylation is 1. The molecule has 1 aromatic heterocycles. The lowest BCUT2D eigenvalue weighted by Gasteiger charge is -2.42. The maximum Gasteiger partial charge on any atom is 0.250 e. The standard InChI is InChI=1S/C15H17NO2S2/c1-12-8-9-14(19-12)20(17,18)16-15(10-5-11-15)13-6-3-2-4-7-13/h2-4,6-9,16H,5,10-11H2,1H3. The van der Waals surface area contributed by atoms with Crippen molar-refractivity contribution in [1.82, 2.24) is 4.72 Å². The number of nitrogens with one attached hydrogen (secondary N) is 1. The first-order chi connectivity index (χ1) is 9.52. The lowest BCUT2D eigenvalue weighted by Crippen LogP contribution is -2.50. The van der Waals surface area contributed by atoms with E-state index in [-0.39, 0.29) is 0 Å². The normalized spacial score (nSPS) is 17.6. The van der Waals surface area contributed by atoms with Gasteiger partial charge in [-0.2, -0.15) is 4.72 Å². The van der Waals surface area contributed by atoms with E-state index in [9.17, 15) is 8.42 Å². The number of rotatable bonds is 4. The molecular weight excluding hydrogens is 290 g/mol. The van der Waals surface area contributed by atoms with Gasteiger partial charge in [-0.15, -0.1) is 11.3 Å². The zero-order valence-corrected chi connectivity index (χ0v) is 12.9. The predicted molar refractivity (Wildman–Crippen MR) is 81.3 cm³/mol. The van der Waals surface area contributed by atoms with Crippen LogP contribution < -0.4 is 4.72 Å². The molecule has 1 saturated carbocycles. The largest absolute Gasteiger partial charge is 0.250 e. The van der Waals surface area contributed by atoms with Gasteiger partial charge in [0.15, 0.2) is 0 Å². The third kappa shape index (κ3) is 2.41. The van der Waals surface area contributed by atoms with E-state index in [0.717, 1.165) is 29.7 Å². The molecule has 3 rings (SSSR count). The molecule has 1 fully saturated rings. The van der Waals surface area contributed by atoms with Crippen molar-refractivity contribution >= 4 is 21.4 Å². The summed E-state index contributed by atoms with van der Waals surface area (Å²) in [6, 6.07) is 13.4. The Hall–Kier alpha value is -1.17. The number of sulfonamides is 1. The summed E-state index contributed by atoms with van der Waals surface area (Å²) in [5.74, 6) is 0. The van der Waals surface area contributed by atoms with Gasteiger partial charge >= 0.3 is 0 Å². The van der Waals surface area contributed by atoms with Gasteiger partial charge < -0.3 is 0 Å². The van der Waals surface area contributed by atoms with E-state index in [1.54, 1.807) is 6.07 Å². The highest BCUT2D eigenvalue weighted by Crippen LogP contribution is 2.42. The van der Waals surface area contributed by atoms with Crippen molar-refractivity contribution in [3.05, 3.63) is 52.9 Å². The Balaban J connectivity index is 1.93. The van der Waals surface area contributed by atoms with E-state index >= 15 is 0 Å². The molecule has 0 saturated heterocycles. The van der Waals surface area contributed by atoms with Crippen LogP contribution in [0.25, 0.3) is 0 Å². The van der Waals surface area contributed by atoms with Gasteiger partial charge in [0, 0.05) is 4.88 Å². The Bertz CT molecular complexity index is 700. The van der Waals surface area contributed by atoms with Crippen molar-refractivity contribution < 1.29 is 8.42 Å². The van der Waals surface area contributed by atoms with Gasteiger partial charge in [0.2, 0.25) is 0 Å². The fourth-order valence-electron chi connectivity index (χ4n) is 2.60. The molecule has 0 aliphatic heterocycles. The summed E-state index contributed by atoms with van der Waals surface area (Å²) in [7, 11) is -3.44. The van der Waals surface area contributed by atoms with Gasteiger partial charge in [-0.05, 0) is 43.9 Å². The van der Waals surface area contributed by atoms with Crippen LogP contribution in [-0.2, 0) is 15.6 Å². The number of thiophene rings is 1. The SMILES string of the molecule is Cc1ccc(S(=O)(=O)NC2(c3ccccc3)CCC2)s1. The second-order valence-corrected chi connectivity index (χ2v) is 8.47. The maximum absolute atomic E-state index is 12.5. The summed E-state index contributed by atoms with van der Waals surface area (Å²) >= 11 is 1.31. The zero-order valence-electron chi connectivity index (χ0n) is 11.3.